The standard InChI is InChI=1S/C15H29N3O.2ClH/c1-12(2)18-9-5-6-13(11-18)10-17-14(19)15(16)7-3-4-8-15;;/h12-13H,3-11,16H2,1-2H3,(H,17,19);2*1H. The van der Waals surface area contributed by atoms with Crippen LogP contribution >= 0.6 is 24.8 Å². The molecule has 3 N–H and O–H groups in total. The molecule has 2 fully saturated rings. The second-order valence-corrected chi connectivity index (χ2v) is 6.67. The van der Waals surface area contributed by atoms with Crippen LogP contribution in [-0.4, -0.2) is 42.0 Å². The Morgan fingerprint density at radius 2 is 1.90 bits per heavy atom. The number of carbonyl (C=O) groups is 1. The average Bonchev–Trinajstić information content (AvgIpc) is 2.84. The topological polar surface area (TPSA) is 58.4 Å². The first-order valence-electron chi connectivity index (χ1n) is 7.82. The summed E-state index contributed by atoms with van der Waals surface area (Å²) in [6, 6.07) is 0.606. The molecule has 1 amide bonds. The number of nitrogens with one attached hydrogen (secondary N) is 1. The lowest BCUT2D eigenvalue weighted by Crippen LogP contribution is -2.53. The van der Waals surface area contributed by atoms with Crippen molar-refractivity contribution in [3.05, 3.63) is 0 Å². The molecule has 0 aromatic carbocycles. The van der Waals surface area contributed by atoms with Crippen LogP contribution in [0.2, 0.25) is 0 Å². The second kappa shape index (κ2) is 9.19. The molecule has 1 aliphatic heterocycles. The summed E-state index contributed by atoms with van der Waals surface area (Å²) in [5.41, 5.74) is 5.59. The second-order valence-electron chi connectivity index (χ2n) is 6.67. The van der Waals surface area contributed by atoms with Crippen LogP contribution in [0.15, 0.2) is 0 Å². The van der Waals surface area contributed by atoms with Gasteiger partial charge in [-0.3, -0.25) is 4.79 Å². The van der Waals surface area contributed by atoms with E-state index in [9.17, 15) is 4.79 Å². The summed E-state index contributed by atoms with van der Waals surface area (Å²) in [6.07, 6.45) is 6.35. The number of likely N-dealkylation sites (tertiary alicyclic amines) is 1. The average molecular weight is 340 g/mol. The van der Waals surface area contributed by atoms with Crippen LogP contribution in [-0.2, 0) is 4.79 Å². The third-order valence-corrected chi connectivity index (χ3v) is 4.78. The Morgan fingerprint density at radius 3 is 2.48 bits per heavy atom. The van der Waals surface area contributed by atoms with Crippen molar-refractivity contribution in [1.29, 1.82) is 0 Å². The van der Waals surface area contributed by atoms with E-state index in [1.807, 2.05) is 0 Å². The highest BCUT2D eigenvalue weighted by molar-refractivity contribution is 5.86. The summed E-state index contributed by atoms with van der Waals surface area (Å²) < 4.78 is 0. The summed E-state index contributed by atoms with van der Waals surface area (Å²) in [5, 5.41) is 3.10. The molecule has 6 heteroatoms. The minimum absolute atomic E-state index is 0. The molecule has 0 aromatic rings. The molecule has 2 rings (SSSR count). The van der Waals surface area contributed by atoms with Gasteiger partial charge in [-0.05, 0) is 52.0 Å². The smallest absolute Gasteiger partial charge is 0.240 e. The molecule has 1 atom stereocenters. The van der Waals surface area contributed by atoms with E-state index in [4.69, 9.17) is 5.73 Å². The largest absolute Gasteiger partial charge is 0.354 e. The van der Waals surface area contributed by atoms with Crippen molar-refractivity contribution in [3.63, 3.8) is 0 Å². The predicted octanol–water partition coefficient (Wildman–Crippen LogP) is 2.34. The number of hydrogen-bond donors (Lipinski definition) is 2. The fraction of sp³-hybridized carbons (Fsp3) is 0.933. The van der Waals surface area contributed by atoms with Gasteiger partial charge in [0.25, 0.3) is 0 Å². The molecular weight excluding hydrogens is 309 g/mol. The third kappa shape index (κ3) is 5.59. The Labute approximate surface area is 141 Å². The van der Waals surface area contributed by atoms with Crippen molar-refractivity contribution < 1.29 is 4.79 Å². The van der Waals surface area contributed by atoms with Crippen LogP contribution in [0.25, 0.3) is 0 Å². The van der Waals surface area contributed by atoms with Crippen LogP contribution in [0.4, 0.5) is 0 Å². The zero-order valence-corrected chi connectivity index (χ0v) is 14.9. The Hall–Kier alpha value is -0.0300. The van der Waals surface area contributed by atoms with Crippen molar-refractivity contribution in [2.45, 2.75) is 64.0 Å². The fourth-order valence-electron chi connectivity index (χ4n) is 3.38. The molecule has 1 heterocycles. The van der Waals surface area contributed by atoms with E-state index in [1.165, 1.54) is 19.4 Å². The quantitative estimate of drug-likeness (QED) is 0.826. The molecule has 4 nitrogen and oxygen atoms in total. The van der Waals surface area contributed by atoms with E-state index in [0.717, 1.165) is 38.8 Å². The Balaban J connectivity index is 0.00000200. The van der Waals surface area contributed by atoms with Gasteiger partial charge in [0.2, 0.25) is 5.91 Å². The highest BCUT2D eigenvalue weighted by atomic mass is 35.5. The lowest BCUT2D eigenvalue weighted by atomic mass is 9.95. The van der Waals surface area contributed by atoms with Gasteiger partial charge in [-0.2, -0.15) is 0 Å². The molecule has 0 bridgehead atoms. The molecule has 1 aliphatic carbocycles. The summed E-state index contributed by atoms with van der Waals surface area (Å²) in [6.45, 7) is 7.59. The number of hydrogen-bond acceptors (Lipinski definition) is 3. The number of nitrogens with zero attached hydrogens (tertiary/aromatic N) is 1. The fourth-order valence-corrected chi connectivity index (χ4v) is 3.38. The lowest BCUT2D eigenvalue weighted by molar-refractivity contribution is -0.126. The normalized spacial score (nSPS) is 25.0. The number of rotatable bonds is 4. The molecular formula is C15H31Cl2N3O. The Bertz CT molecular complexity index is 320. The van der Waals surface area contributed by atoms with Crippen molar-refractivity contribution in [2.75, 3.05) is 19.6 Å². The summed E-state index contributed by atoms with van der Waals surface area (Å²) >= 11 is 0. The van der Waals surface area contributed by atoms with Gasteiger partial charge in [0.15, 0.2) is 0 Å². The van der Waals surface area contributed by atoms with Gasteiger partial charge in [0.05, 0.1) is 5.54 Å². The lowest BCUT2D eigenvalue weighted by Gasteiger charge is -2.36. The molecule has 0 aromatic heterocycles. The summed E-state index contributed by atoms with van der Waals surface area (Å²) in [7, 11) is 0. The minimum atomic E-state index is -0.577. The van der Waals surface area contributed by atoms with Crippen LogP contribution in [0.5, 0.6) is 0 Å². The first kappa shape index (κ1) is 21.0. The van der Waals surface area contributed by atoms with E-state index in [-0.39, 0.29) is 30.7 Å². The monoisotopic (exact) mass is 339 g/mol. The number of halogens is 2. The van der Waals surface area contributed by atoms with Crippen LogP contribution in [0.3, 0.4) is 0 Å². The maximum absolute atomic E-state index is 12.2. The van der Waals surface area contributed by atoms with Crippen molar-refractivity contribution in [2.24, 2.45) is 11.7 Å². The highest BCUT2D eigenvalue weighted by Crippen LogP contribution is 2.27. The van der Waals surface area contributed by atoms with Gasteiger partial charge in [0.1, 0.15) is 0 Å². The zero-order chi connectivity index (χ0) is 13.9. The number of carbonyl (C=O) groups excluding carboxylic acids is 1. The van der Waals surface area contributed by atoms with Crippen LogP contribution in [0.1, 0.15) is 52.4 Å². The van der Waals surface area contributed by atoms with Gasteiger partial charge in [-0.1, -0.05) is 12.8 Å². The Morgan fingerprint density at radius 1 is 1.29 bits per heavy atom. The maximum Gasteiger partial charge on any atom is 0.240 e. The molecule has 0 radical (unpaired) electrons. The van der Waals surface area contributed by atoms with Gasteiger partial charge in [0, 0.05) is 19.1 Å². The molecule has 1 saturated carbocycles. The minimum Gasteiger partial charge on any atom is -0.354 e. The highest BCUT2D eigenvalue weighted by Gasteiger charge is 2.37. The Kier molecular flexibility index (Phi) is 9.17. The van der Waals surface area contributed by atoms with Crippen molar-refractivity contribution >= 4 is 30.7 Å². The number of nitrogens with two attached hydrogens (primary N) is 1. The molecule has 21 heavy (non-hydrogen) atoms. The first-order chi connectivity index (χ1) is 9.01. The van der Waals surface area contributed by atoms with Crippen molar-refractivity contribution in [3.8, 4) is 0 Å². The first-order valence-corrected chi connectivity index (χ1v) is 7.82. The SMILES string of the molecule is CC(C)N1CCCC(CNC(=O)C2(N)CCCC2)C1.Cl.Cl. The molecule has 2 aliphatic rings. The maximum atomic E-state index is 12.2. The molecule has 1 unspecified atom stereocenters. The van der Waals surface area contributed by atoms with E-state index in [2.05, 4.69) is 24.1 Å². The van der Waals surface area contributed by atoms with Crippen LogP contribution < -0.4 is 11.1 Å². The zero-order valence-electron chi connectivity index (χ0n) is 13.3. The van der Waals surface area contributed by atoms with Gasteiger partial charge < -0.3 is 16.0 Å². The summed E-state index contributed by atoms with van der Waals surface area (Å²) in [5.74, 6) is 0.664. The van der Waals surface area contributed by atoms with E-state index in [1.54, 1.807) is 0 Å². The van der Waals surface area contributed by atoms with Crippen molar-refractivity contribution in [1.82, 2.24) is 10.2 Å². The van der Waals surface area contributed by atoms with Gasteiger partial charge >= 0.3 is 0 Å². The number of amides is 1. The predicted molar refractivity (Wildman–Crippen MR) is 92.3 cm³/mol. The van der Waals surface area contributed by atoms with Gasteiger partial charge in [-0.25, -0.2) is 0 Å². The van der Waals surface area contributed by atoms with E-state index < -0.39 is 5.54 Å². The van der Waals surface area contributed by atoms with E-state index in [0.29, 0.717) is 12.0 Å². The third-order valence-electron chi connectivity index (χ3n) is 4.78. The summed E-state index contributed by atoms with van der Waals surface area (Å²) in [4.78, 5) is 14.7. The van der Waals surface area contributed by atoms with Gasteiger partial charge in [-0.15, -0.1) is 24.8 Å². The molecule has 126 valence electrons. The van der Waals surface area contributed by atoms with Crippen LogP contribution in [0, 0.1) is 5.92 Å². The number of piperidine rings is 1. The molecule has 0 spiro atoms. The van der Waals surface area contributed by atoms with E-state index >= 15 is 0 Å². The molecule has 1 saturated heterocycles.